The number of aromatic nitrogens is 2. The van der Waals surface area contributed by atoms with Gasteiger partial charge in [-0.15, -0.1) is 11.3 Å². The van der Waals surface area contributed by atoms with Crippen LogP contribution in [0.3, 0.4) is 0 Å². The van der Waals surface area contributed by atoms with E-state index in [-0.39, 0.29) is 23.5 Å². The smallest absolute Gasteiger partial charge is 0.352 e. The number of fused-ring (bicyclic) bond motifs is 2. The van der Waals surface area contributed by atoms with Crippen LogP contribution in [0.25, 0.3) is 21.3 Å². The summed E-state index contributed by atoms with van der Waals surface area (Å²) in [5.41, 5.74) is 8.23. The molecule has 2 aromatic carbocycles. The highest BCUT2D eigenvalue weighted by Crippen LogP contribution is 2.48. The number of nitrogens with two attached hydrogens (primary N) is 1. The van der Waals surface area contributed by atoms with Gasteiger partial charge in [-0.3, -0.25) is 4.79 Å². The van der Waals surface area contributed by atoms with Crippen molar-refractivity contribution in [2.45, 2.75) is 31.8 Å². The summed E-state index contributed by atoms with van der Waals surface area (Å²) in [6.45, 7) is 2.45. The van der Waals surface area contributed by atoms with Crippen molar-refractivity contribution in [1.29, 1.82) is 0 Å². The maximum Gasteiger partial charge on any atom is 0.352 e. The molecule has 192 valence electrons. The van der Waals surface area contributed by atoms with Crippen molar-refractivity contribution in [2.24, 2.45) is 18.7 Å². The lowest BCUT2D eigenvalue weighted by Gasteiger charge is -2.26. The Morgan fingerprint density at radius 1 is 1.22 bits per heavy atom. The van der Waals surface area contributed by atoms with Gasteiger partial charge < -0.3 is 20.3 Å². The van der Waals surface area contributed by atoms with Crippen LogP contribution in [0.1, 0.15) is 38.8 Å². The molecule has 3 atom stereocenters. The van der Waals surface area contributed by atoms with Crippen LogP contribution >= 0.6 is 22.9 Å². The molecule has 1 saturated heterocycles. The molecule has 1 aliphatic heterocycles. The number of amides is 1. The van der Waals surface area contributed by atoms with Crippen molar-refractivity contribution in [1.82, 2.24) is 14.5 Å². The molecule has 2 fully saturated rings. The van der Waals surface area contributed by atoms with E-state index in [1.54, 1.807) is 13.1 Å². The van der Waals surface area contributed by atoms with Gasteiger partial charge in [-0.2, -0.15) is 0 Å². The molecule has 10 heteroatoms. The van der Waals surface area contributed by atoms with E-state index in [0.29, 0.717) is 40.1 Å². The Balaban J connectivity index is 0.000000171. The first-order valence-electron chi connectivity index (χ1n) is 11.9. The van der Waals surface area contributed by atoms with Gasteiger partial charge in [0, 0.05) is 41.6 Å². The molecule has 2 aromatic heterocycles. The first-order valence-corrected chi connectivity index (χ1v) is 13.1. The summed E-state index contributed by atoms with van der Waals surface area (Å²) in [5.74, 6) is -0.712. The number of hydrogen-bond acceptors (Lipinski definition) is 5. The van der Waals surface area contributed by atoms with Gasteiger partial charge in [-0.25, -0.2) is 14.2 Å². The van der Waals surface area contributed by atoms with E-state index in [1.165, 1.54) is 34.1 Å². The van der Waals surface area contributed by atoms with Crippen molar-refractivity contribution in [2.75, 3.05) is 6.54 Å². The van der Waals surface area contributed by atoms with Crippen molar-refractivity contribution >= 4 is 45.7 Å². The molecule has 1 aliphatic carbocycles. The van der Waals surface area contributed by atoms with Gasteiger partial charge in [0.25, 0.3) is 5.91 Å². The SMILES string of the molecule is Cc1nc(C(=O)N2[C@H](CN)C[C@@H]3C[C@@H]32)c(-c2cccc(Cl)c2)s1.Cn1c(C(=O)O)cc2cc(F)ccc21. The number of rotatable bonds is 4. The van der Waals surface area contributed by atoms with E-state index in [9.17, 15) is 14.0 Å². The number of carbonyl (C=O) groups is 2. The maximum absolute atomic E-state index is 13.1. The van der Waals surface area contributed by atoms with E-state index in [2.05, 4.69) is 4.98 Å². The normalized spacial score (nSPS) is 19.9. The zero-order valence-corrected chi connectivity index (χ0v) is 21.9. The summed E-state index contributed by atoms with van der Waals surface area (Å²) in [5, 5.41) is 11.0. The minimum atomic E-state index is -1.01. The minimum absolute atomic E-state index is 0.0183. The van der Waals surface area contributed by atoms with Crippen LogP contribution in [0.2, 0.25) is 5.02 Å². The molecule has 0 unspecified atom stereocenters. The number of aryl methyl sites for hydroxylation is 2. The van der Waals surface area contributed by atoms with Gasteiger partial charge in [0.2, 0.25) is 0 Å². The monoisotopic (exact) mass is 540 g/mol. The molecule has 4 aromatic rings. The number of piperidine rings is 1. The average molecular weight is 541 g/mol. The van der Waals surface area contributed by atoms with Crippen molar-refractivity contribution in [3.05, 3.63) is 75.8 Å². The highest BCUT2D eigenvalue weighted by atomic mass is 35.5. The Bertz CT molecular complexity index is 1520. The van der Waals surface area contributed by atoms with E-state index in [1.807, 2.05) is 36.1 Å². The zero-order chi connectivity index (χ0) is 26.4. The first kappa shape index (κ1) is 25.4. The topological polar surface area (TPSA) is 101 Å². The fourth-order valence-electron chi connectivity index (χ4n) is 5.13. The molecule has 0 radical (unpaired) electrons. The fourth-order valence-corrected chi connectivity index (χ4v) is 6.23. The van der Waals surface area contributed by atoms with Gasteiger partial charge in [0.1, 0.15) is 17.2 Å². The number of likely N-dealkylation sites (tertiary alicyclic amines) is 1. The number of carboxylic acids is 1. The van der Waals surface area contributed by atoms with Crippen LogP contribution in [0, 0.1) is 18.7 Å². The third kappa shape index (κ3) is 4.86. The largest absolute Gasteiger partial charge is 0.477 e. The predicted molar refractivity (Wildman–Crippen MR) is 143 cm³/mol. The number of thiazole rings is 1. The molecule has 0 bridgehead atoms. The van der Waals surface area contributed by atoms with Crippen molar-refractivity contribution in [3.8, 4) is 10.4 Å². The highest BCUT2D eigenvalue weighted by molar-refractivity contribution is 7.15. The quantitative estimate of drug-likeness (QED) is 0.363. The molecular formula is C27H26ClFN4O3S. The average Bonchev–Trinajstić information content (AvgIpc) is 3.19. The number of hydrogen-bond donors (Lipinski definition) is 2. The lowest BCUT2D eigenvalue weighted by atomic mass is 10.1. The molecular weight excluding hydrogens is 515 g/mol. The number of carboxylic acid groups (broad SMARTS) is 1. The number of aromatic carboxylic acids is 1. The van der Waals surface area contributed by atoms with Crippen molar-refractivity contribution < 1.29 is 19.1 Å². The third-order valence-corrected chi connectivity index (χ3v) is 8.22. The Hall–Kier alpha value is -3.27. The van der Waals surface area contributed by atoms with Crippen LogP contribution < -0.4 is 5.73 Å². The predicted octanol–water partition coefficient (Wildman–Crippen LogP) is 5.35. The lowest BCUT2D eigenvalue weighted by molar-refractivity contribution is 0.0682. The second kappa shape index (κ2) is 9.89. The fraction of sp³-hybridized carbons (Fsp3) is 0.296. The number of benzene rings is 2. The molecule has 37 heavy (non-hydrogen) atoms. The van der Waals surface area contributed by atoms with Crippen LogP contribution in [0.15, 0.2) is 48.5 Å². The summed E-state index contributed by atoms with van der Waals surface area (Å²) in [6.07, 6.45) is 2.14. The molecule has 3 heterocycles. The molecule has 0 spiro atoms. The van der Waals surface area contributed by atoms with Crippen LogP contribution in [0.5, 0.6) is 0 Å². The second-order valence-electron chi connectivity index (χ2n) is 9.42. The molecule has 7 nitrogen and oxygen atoms in total. The molecule has 6 rings (SSSR count). The third-order valence-electron chi connectivity index (χ3n) is 6.96. The first-order chi connectivity index (χ1) is 17.7. The van der Waals surface area contributed by atoms with Gasteiger partial charge in [-0.1, -0.05) is 23.7 Å². The number of carbonyl (C=O) groups excluding carboxylic acids is 1. The van der Waals surface area contributed by atoms with Crippen LogP contribution in [-0.4, -0.2) is 50.1 Å². The lowest BCUT2D eigenvalue weighted by Crippen LogP contribution is -2.42. The Labute approximate surface area is 222 Å². The van der Waals surface area contributed by atoms with Gasteiger partial charge in [-0.05, 0) is 67.6 Å². The Morgan fingerprint density at radius 3 is 2.70 bits per heavy atom. The maximum atomic E-state index is 13.1. The molecule has 3 N–H and O–H groups in total. The molecule has 2 aliphatic rings. The Kier molecular flexibility index (Phi) is 6.78. The summed E-state index contributed by atoms with van der Waals surface area (Å²) in [4.78, 5) is 31.3. The second-order valence-corrected chi connectivity index (χ2v) is 11.1. The number of halogens is 2. The summed E-state index contributed by atoms with van der Waals surface area (Å²) in [6, 6.07) is 13.8. The van der Waals surface area contributed by atoms with E-state index >= 15 is 0 Å². The highest BCUT2D eigenvalue weighted by Gasteiger charge is 2.54. The van der Waals surface area contributed by atoms with Crippen LogP contribution in [0.4, 0.5) is 4.39 Å². The Morgan fingerprint density at radius 2 is 2.00 bits per heavy atom. The van der Waals surface area contributed by atoms with Gasteiger partial charge in [0.05, 0.1) is 9.88 Å². The van der Waals surface area contributed by atoms with Gasteiger partial charge >= 0.3 is 5.97 Å². The van der Waals surface area contributed by atoms with E-state index < -0.39 is 5.97 Å². The minimum Gasteiger partial charge on any atom is -0.477 e. The molecule has 1 amide bonds. The van der Waals surface area contributed by atoms with E-state index in [0.717, 1.165) is 28.3 Å². The zero-order valence-electron chi connectivity index (χ0n) is 20.3. The van der Waals surface area contributed by atoms with E-state index in [4.69, 9.17) is 22.4 Å². The summed E-state index contributed by atoms with van der Waals surface area (Å²) in [7, 11) is 1.64. The number of nitrogens with zero attached hydrogens (tertiary/aromatic N) is 3. The summed E-state index contributed by atoms with van der Waals surface area (Å²) < 4.78 is 14.3. The summed E-state index contributed by atoms with van der Waals surface area (Å²) >= 11 is 7.65. The van der Waals surface area contributed by atoms with Crippen molar-refractivity contribution in [3.63, 3.8) is 0 Å². The van der Waals surface area contributed by atoms with Crippen LogP contribution in [-0.2, 0) is 7.05 Å². The van der Waals surface area contributed by atoms with Gasteiger partial charge in [0.15, 0.2) is 0 Å². The molecule has 1 saturated carbocycles. The standard InChI is InChI=1S/C17H18ClN3OS.C10H8FNO2/c1-9-20-15(16(23-9)10-3-2-4-12(18)5-10)17(22)21-13(8-19)6-11-7-14(11)21;1-12-8-3-2-7(11)4-6(8)5-9(12)10(13)14/h2-5,11,13-14H,6-8,19H2,1H3;2-5H,1H3,(H,13,14)/t11-,13+,14+;/m1./s1.